The number of nitrogens with zero attached hydrogens (tertiary/aromatic N) is 1. The van der Waals surface area contributed by atoms with Crippen LogP contribution < -0.4 is 5.73 Å². The summed E-state index contributed by atoms with van der Waals surface area (Å²) in [7, 11) is -0.837. The molecule has 2 atom stereocenters. The van der Waals surface area contributed by atoms with Crippen LogP contribution in [0.3, 0.4) is 0 Å². The van der Waals surface area contributed by atoms with Gasteiger partial charge in [0.2, 0.25) is 0 Å². The topological polar surface area (TPSA) is 56.0 Å². The minimum atomic E-state index is -0.837. The fourth-order valence-corrected chi connectivity index (χ4v) is 3.84. The average Bonchev–Trinajstić information content (AvgIpc) is 2.62. The fourth-order valence-electron chi connectivity index (χ4n) is 1.25. The number of hydrogen-bond acceptors (Lipinski definition) is 4. The molecule has 0 amide bonds. The predicted octanol–water partition coefficient (Wildman–Crippen LogP) is 2.43. The lowest BCUT2D eigenvalue weighted by molar-refractivity contribution is 0.571. The van der Waals surface area contributed by atoms with Gasteiger partial charge in [0.25, 0.3) is 0 Å². The summed E-state index contributed by atoms with van der Waals surface area (Å²) in [5, 5.41) is 3.04. The van der Waals surface area contributed by atoms with Crippen molar-refractivity contribution in [3.8, 4) is 0 Å². The summed E-state index contributed by atoms with van der Waals surface area (Å²) in [5.41, 5.74) is 6.80. The number of thiazole rings is 1. The summed E-state index contributed by atoms with van der Waals surface area (Å²) in [6.07, 6.45) is 0.810. The molecule has 1 aromatic rings. The summed E-state index contributed by atoms with van der Waals surface area (Å²) in [5.74, 6) is 1.23. The van der Waals surface area contributed by atoms with Crippen molar-refractivity contribution in [2.24, 2.45) is 5.73 Å². The first-order valence-electron chi connectivity index (χ1n) is 5.84. The Morgan fingerprint density at radius 2 is 2.18 bits per heavy atom. The molecule has 0 saturated carbocycles. The lowest BCUT2D eigenvalue weighted by atomic mass is 9.93. The first kappa shape index (κ1) is 14.8. The number of aromatic nitrogens is 1. The Labute approximate surface area is 110 Å². The molecule has 0 radical (unpaired) electrons. The summed E-state index contributed by atoms with van der Waals surface area (Å²) in [4.78, 5) is 4.54. The molecule has 0 fully saturated rings. The van der Waals surface area contributed by atoms with Crippen LogP contribution >= 0.6 is 11.3 Å². The van der Waals surface area contributed by atoms with Gasteiger partial charge in [0.15, 0.2) is 0 Å². The van der Waals surface area contributed by atoms with Crippen LogP contribution in [0.15, 0.2) is 5.38 Å². The predicted molar refractivity (Wildman–Crippen MR) is 75.8 cm³/mol. The second-order valence-electron chi connectivity index (χ2n) is 5.43. The van der Waals surface area contributed by atoms with E-state index in [1.807, 2.05) is 6.92 Å². The Hall–Kier alpha value is -0.260. The molecule has 0 aliphatic rings. The summed E-state index contributed by atoms with van der Waals surface area (Å²) >= 11 is 1.60. The van der Waals surface area contributed by atoms with E-state index in [1.165, 1.54) is 0 Å². The molecular formula is C12H22N2OS2. The fraction of sp³-hybridized carbons (Fsp3) is 0.750. The van der Waals surface area contributed by atoms with Gasteiger partial charge in [-0.15, -0.1) is 11.3 Å². The maximum atomic E-state index is 11.8. The Morgan fingerprint density at radius 1 is 1.53 bits per heavy atom. The monoisotopic (exact) mass is 274 g/mol. The third-order valence-electron chi connectivity index (χ3n) is 2.41. The molecule has 0 aromatic carbocycles. The van der Waals surface area contributed by atoms with Crippen molar-refractivity contribution in [2.75, 3.05) is 5.75 Å². The van der Waals surface area contributed by atoms with Crippen LogP contribution in [0.4, 0.5) is 0 Å². The van der Waals surface area contributed by atoms with Gasteiger partial charge in [-0.3, -0.25) is 4.21 Å². The zero-order valence-corrected chi connectivity index (χ0v) is 12.7. The lowest BCUT2D eigenvalue weighted by Crippen LogP contribution is -2.18. The van der Waals surface area contributed by atoms with E-state index in [0.29, 0.717) is 11.5 Å². The third-order valence-corrected chi connectivity index (χ3v) is 4.72. The number of nitrogens with two attached hydrogens (primary N) is 1. The van der Waals surface area contributed by atoms with Gasteiger partial charge < -0.3 is 5.73 Å². The molecule has 2 N–H and O–H groups in total. The summed E-state index contributed by atoms with van der Waals surface area (Å²) in [6.45, 7) is 8.36. The van der Waals surface area contributed by atoms with Gasteiger partial charge in [-0.1, -0.05) is 20.8 Å². The quantitative estimate of drug-likeness (QED) is 0.897. The van der Waals surface area contributed by atoms with Crippen LogP contribution in [0.1, 0.15) is 44.8 Å². The molecule has 98 valence electrons. The smallest absolute Gasteiger partial charge is 0.105 e. The van der Waals surface area contributed by atoms with Crippen molar-refractivity contribution < 1.29 is 4.21 Å². The third kappa shape index (κ3) is 5.27. The molecule has 0 saturated heterocycles. The minimum absolute atomic E-state index is 0.0714. The molecule has 0 aliphatic carbocycles. The molecule has 1 heterocycles. The zero-order valence-electron chi connectivity index (χ0n) is 11.0. The normalized spacial score (nSPS) is 15.8. The van der Waals surface area contributed by atoms with Gasteiger partial charge in [0.1, 0.15) is 5.01 Å². The molecule has 0 spiro atoms. The molecule has 17 heavy (non-hydrogen) atoms. The van der Waals surface area contributed by atoms with Crippen LogP contribution in [0, 0.1) is 0 Å². The Morgan fingerprint density at radius 3 is 2.65 bits per heavy atom. The first-order valence-corrected chi connectivity index (χ1v) is 8.21. The average molecular weight is 274 g/mol. The van der Waals surface area contributed by atoms with Crippen molar-refractivity contribution >= 4 is 22.1 Å². The van der Waals surface area contributed by atoms with Crippen molar-refractivity contribution in [2.45, 2.75) is 51.3 Å². The highest BCUT2D eigenvalue weighted by Gasteiger charge is 2.18. The highest BCUT2D eigenvalue weighted by atomic mass is 32.2. The molecule has 0 aliphatic heterocycles. The van der Waals surface area contributed by atoms with Gasteiger partial charge in [0, 0.05) is 33.4 Å². The van der Waals surface area contributed by atoms with Crippen molar-refractivity contribution in [1.82, 2.24) is 4.98 Å². The van der Waals surface area contributed by atoms with Crippen LogP contribution in [-0.4, -0.2) is 21.0 Å². The standard InChI is InChI=1S/C12H22N2OS2/c1-9(13)5-6-17(15)8-11-14-10(7-16-11)12(2,3)4/h7,9H,5-6,8,13H2,1-4H3. The van der Waals surface area contributed by atoms with E-state index in [0.717, 1.165) is 17.1 Å². The number of hydrogen-bond donors (Lipinski definition) is 1. The minimum Gasteiger partial charge on any atom is -0.328 e. The Balaban J connectivity index is 2.52. The van der Waals surface area contributed by atoms with E-state index in [2.05, 4.69) is 31.1 Å². The van der Waals surface area contributed by atoms with Crippen LogP contribution in [0.5, 0.6) is 0 Å². The summed E-state index contributed by atoms with van der Waals surface area (Å²) < 4.78 is 11.8. The van der Waals surface area contributed by atoms with E-state index in [4.69, 9.17) is 5.73 Å². The van der Waals surface area contributed by atoms with Gasteiger partial charge in [0.05, 0.1) is 11.4 Å². The molecular weight excluding hydrogens is 252 g/mol. The molecule has 0 bridgehead atoms. The molecule has 2 unspecified atom stereocenters. The van der Waals surface area contributed by atoms with Crippen molar-refractivity contribution in [3.63, 3.8) is 0 Å². The van der Waals surface area contributed by atoms with E-state index < -0.39 is 10.8 Å². The maximum Gasteiger partial charge on any atom is 0.105 e. The molecule has 1 aromatic heterocycles. The summed E-state index contributed by atoms with van der Waals surface area (Å²) in [6, 6.07) is 0.125. The Bertz CT molecular complexity index is 380. The van der Waals surface area contributed by atoms with E-state index in [-0.39, 0.29) is 11.5 Å². The molecule has 1 rings (SSSR count). The van der Waals surface area contributed by atoms with Crippen LogP contribution in [0.2, 0.25) is 0 Å². The first-order chi connectivity index (χ1) is 7.79. The van der Waals surface area contributed by atoms with Gasteiger partial charge in [-0.05, 0) is 13.3 Å². The molecule has 3 nitrogen and oxygen atoms in total. The highest BCUT2D eigenvalue weighted by Crippen LogP contribution is 2.24. The lowest BCUT2D eigenvalue weighted by Gasteiger charge is -2.14. The van der Waals surface area contributed by atoms with Gasteiger partial charge in [-0.25, -0.2) is 4.98 Å². The zero-order chi connectivity index (χ0) is 13.1. The number of rotatable bonds is 5. The Kier molecular flexibility index (Phi) is 5.28. The SMILES string of the molecule is CC(N)CCS(=O)Cc1nc(C(C)(C)C)cs1. The van der Waals surface area contributed by atoms with Crippen LogP contribution in [-0.2, 0) is 22.0 Å². The van der Waals surface area contributed by atoms with E-state index in [9.17, 15) is 4.21 Å². The maximum absolute atomic E-state index is 11.8. The van der Waals surface area contributed by atoms with E-state index in [1.54, 1.807) is 11.3 Å². The highest BCUT2D eigenvalue weighted by molar-refractivity contribution is 7.84. The van der Waals surface area contributed by atoms with Crippen molar-refractivity contribution in [1.29, 1.82) is 0 Å². The molecule has 5 heteroatoms. The second kappa shape index (κ2) is 6.07. The van der Waals surface area contributed by atoms with Gasteiger partial charge in [-0.2, -0.15) is 0 Å². The van der Waals surface area contributed by atoms with Crippen LogP contribution in [0.25, 0.3) is 0 Å². The largest absolute Gasteiger partial charge is 0.328 e. The van der Waals surface area contributed by atoms with E-state index >= 15 is 0 Å². The van der Waals surface area contributed by atoms with Crippen molar-refractivity contribution in [3.05, 3.63) is 16.1 Å². The van der Waals surface area contributed by atoms with Gasteiger partial charge >= 0.3 is 0 Å². The second-order valence-corrected chi connectivity index (χ2v) is 7.95.